The number of hydrogen-bond donors (Lipinski definition) is 1. The Hall–Kier alpha value is -2.40. The fourth-order valence-electron chi connectivity index (χ4n) is 1.56. The molecular weight excluding hydrogens is 280 g/mol. The zero-order chi connectivity index (χ0) is 14.5. The number of rotatable bonds is 3. The summed E-state index contributed by atoms with van der Waals surface area (Å²) in [5, 5.41) is 3.05. The van der Waals surface area contributed by atoms with Crippen molar-refractivity contribution < 1.29 is 14.3 Å². The van der Waals surface area contributed by atoms with Crippen molar-refractivity contribution in [3.05, 3.63) is 58.7 Å². The zero-order valence-electron chi connectivity index (χ0n) is 10.6. The Kier molecular flexibility index (Phi) is 4.32. The van der Waals surface area contributed by atoms with Crippen LogP contribution in [0.2, 0.25) is 5.02 Å². The molecule has 20 heavy (non-hydrogen) atoms. The highest BCUT2D eigenvalue weighted by Crippen LogP contribution is 2.13. The maximum absolute atomic E-state index is 12.0. The summed E-state index contributed by atoms with van der Waals surface area (Å²) in [5.41, 5.74) is 0.715. The second-order valence-corrected chi connectivity index (χ2v) is 4.32. The Labute approximate surface area is 120 Å². The normalized spacial score (nSPS) is 9.90. The molecular formula is C14H11ClN2O3. The van der Waals surface area contributed by atoms with E-state index in [1.54, 1.807) is 24.3 Å². The number of benzene rings is 1. The number of anilines is 1. The van der Waals surface area contributed by atoms with Crippen molar-refractivity contribution in [1.82, 2.24) is 4.98 Å². The van der Waals surface area contributed by atoms with Gasteiger partial charge in [0.2, 0.25) is 0 Å². The van der Waals surface area contributed by atoms with Crippen molar-refractivity contribution in [3.63, 3.8) is 0 Å². The van der Waals surface area contributed by atoms with E-state index in [9.17, 15) is 9.59 Å². The lowest BCUT2D eigenvalue weighted by molar-refractivity contribution is 0.0600. The summed E-state index contributed by atoms with van der Waals surface area (Å²) in [6, 6.07) is 9.46. The largest absolute Gasteiger partial charge is 0.465 e. The van der Waals surface area contributed by atoms with Gasteiger partial charge in [0.1, 0.15) is 5.82 Å². The van der Waals surface area contributed by atoms with Crippen LogP contribution in [0, 0.1) is 0 Å². The van der Waals surface area contributed by atoms with Crippen LogP contribution in [-0.4, -0.2) is 24.0 Å². The van der Waals surface area contributed by atoms with Crippen molar-refractivity contribution in [1.29, 1.82) is 0 Å². The van der Waals surface area contributed by atoms with Crippen LogP contribution >= 0.6 is 11.6 Å². The Bertz CT molecular complexity index is 658. The summed E-state index contributed by atoms with van der Waals surface area (Å²) >= 11 is 5.82. The Morgan fingerprint density at radius 1 is 1.20 bits per heavy atom. The van der Waals surface area contributed by atoms with E-state index in [4.69, 9.17) is 11.6 Å². The third-order valence-electron chi connectivity index (χ3n) is 2.51. The van der Waals surface area contributed by atoms with Crippen LogP contribution in [0.5, 0.6) is 0 Å². The topological polar surface area (TPSA) is 68.3 Å². The highest BCUT2D eigenvalue weighted by atomic mass is 35.5. The summed E-state index contributed by atoms with van der Waals surface area (Å²) in [6.45, 7) is 0. The monoisotopic (exact) mass is 290 g/mol. The van der Waals surface area contributed by atoms with Gasteiger partial charge in [0.15, 0.2) is 0 Å². The molecule has 1 amide bonds. The maximum atomic E-state index is 12.0. The Morgan fingerprint density at radius 3 is 2.70 bits per heavy atom. The van der Waals surface area contributed by atoms with Gasteiger partial charge < -0.3 is 10.1 Å². The number of esters is 1. The smallest absolute Gasteiger partial charge is 0.338 e. The lowest BCUT2D eigenvalue weighted by Gasteiger charge is -2.06. The van der Waals surface area contributed by atoms with Crippen LogP contribution in [0.1, 0.15) is 20.7 Å². The van der Waals surface area contributed by atoms with E-state index in [0.29, 0.717) is 16.1 Å². The highest BCUT2D eigenvalue weighted by Gasteiger charge is 2.10. The molecule has 0 aliphatic carbocycles. The quantitative estimate of drug-likeness (QED) is 0.883. The van der Waals surface area contributed by atoms with Gasteiger partial charge in [0.25, 0.3) is 5.91 Å². The number of carbonyl (C=O) groups is 2. The molecule has 5 nitrogen and oxygen atoms in total. The molecule has 0 radical (unpaired) electrons. The molecule has 0 atom stereocenters. The van der Waals surface area contributed by atoms with E-state index >= 15 is 0 Å². The second-order valence-electron chi connectivity index (χ2n) is 3.89. The number of aromatic nitrogens is 1. The molecule has 0 aliphatic heterocycles. The summed E-state index contributed by atoms with van der Waals surface area (Å²) in [4.78, 5) is 27.3. The lowest BCUT2D eigenvalue weighted by atomic mass is 10.2. The first-order valence-electron chi connectivity index (χ1n) is 5.71. The van der Waals surface area contributed by atoms with Gasteiger partial charge in [-0.25, -0.2) is 9.78 Å². The van der Waals surface area contributed by atoms with Gasteiger partial charge in [-0.1, -0.05) is 17.7 Å². The first-order chi connectivity index (χ1) is 9.60. The molecule has 102 valence electrons. The van der Waals surface area contributed by atoms with Crippen molar-refractivity contribution in [2.45, 2.75) is 0 Å². The van der Waals surface area contributed by atoms with E-state index < -0.39 is 5.97 Å². The Balaban J connectivity index is 2.18. The van der Waals surface area contributed by atoms with Crippen LogP contribution in [-0.2, 0) is 4.74 Å². The minimum Gasteiger partial charge on any atom is -0.465 e. The predicted octanol–water partition coefficient (Wildman–Crippen LogP) is 2.77. The van der Waals surface area contributed by atoms with E-state index in [1.165, 1.54) is 25.4 Å². The Morgan fingerprint density at radius 2 is 2.00 bits per heavy atom. The minimum atomic E-state index is -0.495. The molecule has 2 aromatic rings. The van der Waals surface area contributed by atoms with Crippen LogP contribution in [0.4, 0.5) is 5.82 Å². The van der Waals surface area contributed by atoms with Crippen LogP contribution in [0.15, 0.2) is 42.6 Å². The number of nitrogens with one attached hydrogen (secondary N) is 1. The average Bonchev–Trinajstić information content (AvgIpc) is 2.46. The van der Waals surface area contributed by atoms with Gasteiger partial charge in [0.05, 0.1) is 12.7 Å². The van der Waals surface area contributed by atoms with Crippen molar-refractivity contribution >= 4 is 29.3 Å². The first kappa shape index (κ1) is 14.0. The van der Waals surface area contributed by atoms with Gasteiger partial charge >= 0.3 is 5.97 Å². The third kappa shape index (κ3) is 3.33. The molecule has 0 unspecified atom stereocenters. The number of amides is 1. The SMILES string of the molecule is COC(=O)c1ccnc(NC(=O)c2cccc(Cl)c2)c1. The number of halogens is 1. The zero-order valence-corrected chi connectivity index (χ0v) is 11.3. The highest BCUT2D eigenvalue weighted by molar-refractivity contribution is 6.31. The lowest BCUT2D eigenvalue weighted by Crippen LogP contribution is -2.13. The van der Waals surface area contributed by atoms with Gasteiger partial charge in [0, 0.05) is 16.8 Å². The van der Waals surface area contributed by atoms with Crippen molar-refractivity contribution in [2.75, 3.05) is 12.4 Å². The maximum Gasteiger partial charge on any atom is 0.338 e. The summed E-state index contributed by atoms with van der Waals surface area (Å²) < 4.78 is 4.60. The van der Waals surface area contributed by atoms with Crippen LogP contribution in [0.25, 0.3) is 0 Å². The molecule has 0 saturated carbocycles. The number of ether oxygens (including phenoxy) is 1. The van der Waals surface area contributed by atoms with Crippen LogP contribution in [0.3, 0.4) is 0 Å². The van der Waals surface area contributed by atoms with Crippen molar-refractivity contribution in [2.24, 2.45) is 0 Å². The number of carbonyl (C=O) groups excluding carboxylic acids is 2. The van der Waals surface area contributed by atoms with E-state index in [2.05, 4.69) is 15.0 Å². The van der Waals surface area contributed by atoms with E-state index in [1.807, 2.05) is 0 Å². The molecule has 0 fully saturated rings. The molecule has 0 bridgehead atoms. The molecule has 1 heterocycles. The molecule has 6 heteroatoms. The average molecular weight is 291 g/mol. The summed E-state index contributed by atoms with van der Waals surface area (Å²) in [5.74, 6) is -0.592. The molecule has 0 spiro atoms. The molecule has 1 aromatic carbocycles. The number of hydrogen-bond acceptors (Lipinski definition) is 4. The molecule has 0 saturated heterocycles. The molecule has 1 aromatic heterocycles. The van der Waals surface area contributed by atoms with Gasteiger partial charge in [-0.3, -0.25) is 4.79 Å². The fraction of sp³-hybridized carbons (Fsp3) is 0.0714. The standard InChI is InChI=1S/C14H11ClN2O3/c1-20-14(19)10-5-6-16-12(8-10)17-13(18)9-3-2-4-11(15)7-9/h2-8H,1H3,(H,16,17,18). The van der Waals surface area contributed by atoms with Crippen molar-refractivity contribution in [3.8, 4) is 0 Å². The first-order valence-corrected chi connectivity index (χ1v) is 6.09. The predicted molar refractivity (Wildman–Crippen MR) is 75.0 cm³/mol. The summed E-state index contributed by atoms with van der Waals surface area (Å²) in [6.07, 6.45) is 1.42. The van der Waals surface area contributed by atoms with Gasteiger partial charge in [-0.05, 0) is 30.3 Å². The third-order valence-corrected chi connectivity index (χ3v) is 2.74. The number of pyridine rings is 1. The molecule has 0 aliphatic rings. The van der Waals surface area contributed by atoms with Gasteiger partial charge in [-0.2, -0.15) is 0 Å². The number of nitrogens with zero attached hydrogens (tertiary/aromatic N) is 1. The number of methoxy groups -OCH3 is 1. The minimum absolute atomic E-state index is 0.262. The van der Waals surface area contributed by atoms with E-state index in [-0.39, 0.29) is 11.7 Å². The summed E-state index contributed by atoms with van der Waals surface area (Å²) in [7, 11) is 1.28. The van der Waals surface area contributed by atoms with E-state index in [0.717, 1.165) is 0 Å². The second kappa shape index (κ2) is 6.16. The van der Waals surface area contributed by atoms with Gasteiger partial charge in [-0.15, -0.1) is 0 Å². The van der Waals surface area contributed by atoms with Crippen LogP contribution < -0.4 is 5.32 Å². The molecule has 2 rings (SSSR count). The molecule has 1 N–H and O–H groups in total. The fourth-order valence-corrected chi connectivity index (χ4v) is 1.75.